The summed E-state index contributed by atoms with van der Waals surface area (Å²) >= 11 is 0. The van der Waals surface area contributed by atoms with Gasteiger partial charge < -0.3 is 15.7 Å². The smallest absolute Gasteiger partial charge is 0.335 e. The summed E-state index contributed by atoms with van der Waals surface area (Å²) in [4.78, 5) is 18.8. The third-order valence-electron chi connectivity index (χ3n) is 1.28. The van der Waals surface area contributed by atoms with Gasteiger partial charge >= 0.3 is 5.97 Å². The lowest BCUT2D eigenvalue weighted by Gasteiger charge is -1.99. The zero-order chi connectivity index (χ0) is 11.8. The van der Waals surface area contributed by atoms with Gasteiger partial charge in [0.05, 0.1) is 5.56 Å². The van der Waals surface area contributed by atoms with E-state index in [0.717, 1.165) is 0 Å². The highest BCUT2D eigenvalue weighted by molar-refractivity contribution is 5.88. The number of nitrogen functional groups attached to an aromatic ring is 1. The maximum Gasteiger partial charge on any atom is 0.335 e. The van der Waals surface area contributed by atoms with Gasteiger partial charge in [-0.3, -0.25) is 5.84 Å². The van der Waals surface area contributed by atoms with E-state index in [4.69, 9.17) is 26.3 Å². The second-order valence-electron chi connectivity index (χ2n) is 2.27. The SMILES string of the molecule is NNc1cccc(C(=O)O)c1.O=[N+]([O-])O. The number of carboxylic acids is 1. The average molecular weight is 215 g/mol. The first-order valence-electron chi connectivity index (χ1n) is 3.60. The third-order valence-corrected chi connectivity index (χ3v) is 1.28. The molecule has 1 aromatic rings. The van der Waals surface area contributed by atoms with Crippen LogP contribution in [0.4, 0.5) is 5.69 Å². The molecule has 1 rings (SSSR count). The summed E-state index contributed by atoms with van der Waals surface area (Å²) in [6.07, 6.45) is 0. The fourth-order valence-corrected chi connectivity index (χ4v) is 0.742. The van der Waals surface area contributed by atoms with Crippen molar-refractivity contribution in [1.82, 2.24) is 0 Å². The predicted molar refractivity (Wildman–Crippen MR) is 50.0 cm³/mol. The molecule has 0 aliphatic carbocycles. The number of nitrogens with one attached hydrogen (secondary N) is 1. The lowest BCUT2D eigenvalue weighted by atomic mass is 10.2. The Kier molecular flexibility index (Phi) is 5.19. The first kappa shape index (κ1) is 12.7. The van der Waals surface area contributed by atoms with E-state index in [-0.39, 0.29) is 5.56 Å². The van der Waals surface area contributed by atoms with E-state index in [1.807, 2.05) is 0 Å². The lowest BCUT2D eigenvalue weighted by Crippen LogP contribution is -2.07. The van der Waals surface area contributed by atoms with Gasteiger partial charge in [0, 0.05) is 5.69 Å². The number of carboxylic acid groups (broad SMARTS) is 1. The van der Waals surface area contributed by atoms with Crippen LogP contribution < -0.4 is 11.3 Å². The average Bonchev–Trinajstić information content (AvgIpc) is 2.17. The van der Waals surface area contributed by atoms with Crippen molar-refractivity contribution in [3.05, 3.63) is 39.9 Å². The first-order valence-corrected chi connectivity index (χ1v) is 3.60. The summed E-state index contributed by atoms with van der Waals surface area (Å²) in [6, 6.07) is 6.27. The van der Waals surface area contributed by atoms with E-state index in [0.29, 0.717) is 5.69 Å². The molecule has 15 heavy (non-hydrogen) atoms. The molecular formula is C7H9N3O5. The van der Waals surface area contributed by atoms with Crippen LogP contribution in [0.5, 0.6) is 0 Å². The molecule has 0 amide bonds. The van der Waals surface area contributed by atoms with E-state index in [9.17, 15) is 4.79 Å². The molecule has 0 atom stereocenters. The predicted octanol–water partition coefficient (Wildman–Crippen LogP) is 0.323. The number of hydrazine groups is 1. The second-order valence-corrected chi connectivity index (χ2v) is 2.27. The number of hydrogen-bond donors (Lipinski definition) is 4. The van der Waals surface area contributed by atoms with Crippen LogP contribution in [0.2, 0.25) is 0 Å². The van der Waals surface area contributed by atoms with E-state index >= 15 is 0 Å². The summed E-state index contributed by atoms with van der Waals surface area (Å²) in [5.74, 6) is 4.12. The molecule has 0 radical (unpaired) electrons. The molecule has 0 heterocycles. The lowest BCUT2D eigenvalue weighted by molar-refractivity contribution is -0.742. The molecule has 82 valence electrons. The molecule has 0 saturated carbocycles. The Morgan fingerprint density at radius 2 is 2.07 bits per heavy atom. The monoisotopic (exact) mass is 215 g/mol. The van der Waals surface area contributed by atoms with Crippen molar-refractivity contribution in [3.8, 4) is 0 Å². The van der Waals surface area contributed by atoms with E-state index < -0.39 is 11.1 Å². The Morgan fingerprint density at radius 3 is 2.47 bits per heavy atom. The van der Waals surface area contributed by atoms with E-state index in [2.05, 4.69) is 5.43 Å². The molecule has 5 N–H and O–H groups in total. The topological polar surface area (TPSA) is 139 Å². The maximum atomic E-state index is 10.4. The summed E-state index contributed by atoms with van der Waals surface area (Å²) in [5, 5.41) is 22.2. The molecule has 8 heteroatoms. The number of rotatable bonds is 2. The highest BCUT2D eigenvalue weighted by Crippen LogP contribution is 2.08. The van der Waals surface area contributed by atoms with Crippen molar-refractivity contribution in [2.24, 2.45) is 5.84 Å². The van der Waals surface area contributed by atoms with Crippen LogP contribution in [0, 0.1) is 10.1 Å². The first-order chi connectivity index (χ1) is 6.97. The molecule has 0 aromatic heterocycles. The largest absolute Gasteiger partial charge is 0.478 e. The van der Waals surface area contributed by atoms with Crippen LogP contribution in [-0.4, -0.2) is 21.4 Å². The molecule has 0 spiro atoms. The number of carbonyl (C=O) groups is 1. The van der Waals surface area contributed by atoms with Crippen molar-refractivity contribution in [1.29, 1.82) is 0 Å². The summed E-state index contributed by atoms with van der Waals surface area (Å²) < 4.78 is 0. The highest BCUT2D eigenvalue weighted by Gasteiger charge is 2.00. The molecule has 0 fully saturated rings. The zero-order valence-corrected chi connectivity index (χ0v) is 7.45. The van der Waals surface area contributed by atoms with Gasteiger partial charge in [0.15, 0.2) is 0 Å². The normalized spacial score (nSPS) is 8.33. The van der Waals surface area contributed by atoms with Gasteiger partial charge in [-0.15, -0.1) is 10.1 Å². The minimum absolute atomic E-state index is 0.223. The van der Waals surface area contributed by atoms with Crippen molar-refractivity contribution in [3.63, 3.8) is 0 Å². The molecule has 0 aliphatic rings. The van der Waals surface area contributed by atoms with Crippen LogP contribution in [0.15, 0.2) is 24.3 Å². The Labute approximate surface area is 84.0 Å². The molecule has 0 saturated heterocycles. The fraction of sp³-hybridized carbons (Fsp3) is 0. The molecular weight excluding hydrogens is 206 g/mol. The van der Waals surface area contributed by atoms with Crippen LogP contribution in [-0.2, 0) is 0 Å². The molecule has 0 aliphatic heterocycles. The van der Waals surface area contributed by atoms with Gasteiger partial charge in [-0.2, -0.15) is 0 Å². The van der Waals surface area contributed by atoms with Crippen LogP contribution in [0.3, 0.4) is 0 Å². The van der Waals surface area contributed by atoms with Crippen molar-refractivity contribution in [2.45, 2.75) is 0 Å². The maximum absolute atomic E-state index is 10.4. The molecule has 0 unspecified atom stereocenters. The van der Waals surface area contributed by atoms with Gasteiger partial charge in [0.25, 0.3) is 5.09 Å². The Hall–Kier alpha value is -2.35. The Morgan fingerprint density at radius 1 is 1.53 bits per heavy atom. The fourth-order valence-electron chi connectivity index (χ4n) is 0.742. The van der Waals surface area contributed by atoms with Crippen LogP contribution in [0.1, 0.15) is 10.4 Å². The minimum Gasteiger partial charge on any atom is -0.478 e. The summed E-state index contributed by atoms with van der Waals surface area (Å²) in [5.41, 5.74) is 3.17. The third kappa shape index (κ3) is 5.82. The van der Waals surface area contributed by atoms with Crippen molar-refractivity contribution in [2.75, 3.05) is 5.43 Å². The van der Waals surface area contributed by atoms with Gasteiger partial charge in [0.1, 0.15) is 0 Å². The standard InChI is InChI=1S/C7H8N2O2.HNO3/c8-9-6-3-1-2-5(4-6)7(10)11;2-1(3)4/h1-4,9H,8H2,(H,10,11);(H,2,3,4). The number of nitrogens with two attached hydrogens (primary N) is 1. The highest BCUT2D eigenvalue weighted by atomic mass is 16.9. The summed E-state index contributed by atoms with van der Waals surface area (Å²) in [7, 11) is 0. The van der Waals surface area contributed by atoms with Gasteiger partial charge in [-0.1, -0.05) is 6.07 Å². The van der Waals surface area contributed by atoms with Crippen molar-refractivity contribution < 1.29 is 20.2 Å². The van der Waals surface area contributed by atoms with Crippen LogP contribution >= 0.6 is 0 Å². The second kappa shape index (κ2) is 6.16. The van der Waals surface area contributed by atoms with Gasteiger partial charge in [-0.25, -0.2) is 4.79 Å². The Balaban J connectivity index is 0.000000423. The number of benzene rings is 1. The Bertz CT molecular complexity index is 350. The van der Waals surface area contributed by atoms with Crippen molar-refractivity contribution >= 4 is 11.7 Å². The van der Waals surface area contributed by atoms with E-state index in [1.54, 1.807) is 12.1 Å². The number of anilines is 1. The van der Waals surface area contributed by atoms with Crippen LogP contribution in [0.25, 0.3) is 0 Å². The van der Waals surface area contributed by atoms with Gasteiger partial charge in [0.2, 0.25) is 0 Å². The minimum atomic E-state index is -1.50. The number of hydrogen-bond acceptors (Lipinski definition) is 5. The van der Waals surface area contributed by atoms with Gasteiger partial charge in [-0.05, 0) is 18.2 Å². The molecule has 8 nitrogen and oxygen atoms in total. The molecule has 1 aromatic carbocycles. The molecule has 0 bridgehead atoms. The quantitative estimate of drug-likeness (QED) is 0.316. The summed E-state index contributed by atoms with van der Waals surface area (Å²) in [6.45, 7) is 0. The van der Waals surface area contributed by atoms with E-state index in [1.165, 1.54) is 12.1 Å². The zero-order valence-electron chi connectivity index (χ0n) is 7.45. The number of aromatic carboxylic acids is 1. The number of nitrogens with zero attached hydrogens (tertiary/aromatic N) is 1.